The van der Waals surface area contributed by atoms with Crippen molar-refractivity contribution in [3.8, 4) is 0 Å². The smallest absolute Gasteiger partial charge is 0.368 e. The summed E-state index contributed by atoms with van der Waals surface area (Å²) in [6.07, 6.45) is -10.1. The minimum absolute atomic E-state index is 0.00114. The number of sulfonamides is 1. The van der Waals surface area contributed by atoms with Crippen LogP contribution >= 0.6 is 23.4 Å². The van der Waals surface area contributed by atoms with Crippen LogP contribution in [0.15, 0.2) is 75.4 Å². The Morgan fingerprint density at radius 3 is 2.17 bits per heavy atom. The zero-order valence-corrected chi connectivity index (χ0v) is 31.0. The monoisotopic (exact) mass is 813 g/mol. The van der Waals surface area contributed by atoms with Gasteiger partial charge in [0.05, 0.1) is 23.4 Å². The number of alkyl halides is 6. The second-order valence-corrected chi connectivity index (χ2v) is 15.7. The molecule has 0 unspecified atom stereocenters. The van der Waals surface area contributed by atoms with E-state index >= 15 is 0 Å². The van der Waals surface area contributed by atoms with Gasteiger partial charge in [-0.2, -0.15) is 41.3 Å². The van der Waals surface area contributed by atoms with Crippen LogP contribution in [0.3, 0.4) is 0 Å². The van der Waals surface area contributed by atoms with E-state index in [2.05, 4.69) is 41.7 Å². The number of piperazine rings is 1. The predicted octanol–water partition coefficient (Wildman–Crippen LogP) is 6.22. The third kappa shape index (κ3) is 9.66. The Kier molecular flexibility index (Phi) is 11.5. The summed E-state index contributed by atoms with van der Waals surface area (Å²) in [6.45, 7) is 4.91. The molecule has 0 radical (unpaired) electrons. The number of aliphatic imine (C=N–C) groups is 1. The Bertz CT molecular complexity index is 2100. The molecule has 6 rings (SSSR count). The summed E-state index contributed by atoms with van der Waals surface area (Å²) < 4.78 is 111. The molecule has 2 aliphatic heterocycles. The fourth-order valence-corrected chi connectivity index (χ4v) is 8.67. The van der Waals surface area contributed by atoms with Crippen LogP contribution in [0.5, 0.6) is 0 Å². The van der Waals surface area contributed by atoms with Crippen LogP contribution in [0.1, 0.15) is 33.6 Å². The standard InChI is InChI=1S/C34H34ClF6N9O2S2/c1-21-13-28(54(51,52)47-31-43-7-8-50(31)19-23-14-24(33(36,37)38)16-25(15-23)34(39,40)41)27(17-26(21)35)53-20-29-44-30(42)46-32(45-29)49-11-9-48(10-12-49)18-22-5-3-2-4-6-22/h2-6,13-17H,7-12,18-20H2,1H3,(H,43,47)(H2,42,44,45,46). The summed E-state index contributed by atoms with van der Waals surface area (Å²) in [6, 6.07) is 14.2. The van der Waals surface area contributed by atoms with Gasteiger partial charge in [-0.1, -0.05) is 41.9 Å². The summed E-state index contributed by atoms with van der Waals surface area (Å²) in [5.41, 5.74) is 4.44. The van der Waals surface area contributed by atoms with E-state index < -0.39 is 40.0 Å². The molecule has 3 aromatic carbocycles. The number of guanidine groups is 1. The first-order chi connectivity index (χ1) is 25.4. The molecule has 4 aromatic rings. The van der Waals surface area contributed by atoms with Crippen LogP contribution in [0.2, 0.25) is 5.02 Å². The molecule has 0 atom stereocenters. The molecule has 54 heavy (non-hydrogen) atoms. The van der Waals surface area contributed by atoms with Crippen molar-refractivity contribution in [1.82, 2.24) is 29.5 Å². The number of aryl methyl sites for hydroxylation is 1. The minimum atomic E-state index is -5.03. The lowest BCUT2D eigenvalue weighted by molar-refractivity contribution is -0.143. The molecule has 0 saturated carbocycles. The van der Waals surface area contributed by atoms with E-state index in [4.69, 9.17) is 17.3 Å². The maximum atomic E-state index is 13.9. The lowest BCUT2D eigenvalue weighted by atomic mass is 10.0. The van der Waals surface area contributed by atoms with Crippen molar-refractivity contribution >= 4 is 51.2 Å². The summed E-state index contributed by atoms with van der Waals surface area (Å²) in [4.78, 5) is 23.0. The molecule has 288 valence electrons. The van der Waals surface area contributed by atoms with Gasteiger partial charge in [-0.05, 0) is 53.9 Å². The largest absolute Gasteiger partial charge is 0.416 e. The Morgan fingerprint density at radius 2 is 1.52 bits per heavy atom. The third-order valence-corrected chi connectivity index (χ3v) is 11.6. The number of thioether (sulfide) groups is 1. The molecule has 3 heterocycles. The summed E-state index contributed by atoms with van der Waals surface area (Å²) >= 11 is 7.49. The second-order valence-electron chi connectivity index (χ2n) is 12.6. The maximum absolute atomic E-state index is 13.9. The third-order valence-electron chi connectivity index (χ3n) is 8.64. The molecule has 0 aliphatic carbocycles. The van der Waals surface area contributed by atoms with Gasteiger partial charge in [0.15, 0.2) is 0 Å². The van der Waals surface area contributed by atoms with E-state index in [0.29, 0.717) is 42.6 Å². The number of aromatic nitrogens is 3. The van der Waals surface area contributed by atoms with Crippen molar-refractivity contribution < 1.29 is 34.8 Å². The normalized spacial score (nSPS) is 15.8. The molecule has 2 aliphatic rings. The lowest BCUT2D eigenvalue weighted by Crippen LogP contribution is -2.46. The van der Waals surface area contributed by atoms with Gasteiger partial charge >= 0.3 is 12.4 Å². The lowest BCUT2D eigenvalue weighted by Gasteiger charge is -2.34. The van der Waals surface area contributed by atoms with E-state index in [1.54, 1.807) is 6.92 Å². The number of nitrogens with two attached hydrogens (primary N) is 1. The molecule has 3 N–H and O–H groups in total. The molecule has 11 nitrogen and oxygen atoms in total. The van der Waals surface area contributed by atoms with Crippen LogP contribution < -0.4 is 15.4 Å². The molecule has 1 aromatic heterocycles. The van der Waals surface area contributed by atoms with Crippen molar-refractivity contribution in [2.75, 3.05) is 49.9 Å². The van der Waals surface area contributed by atoms with Gasteiger partial charge in [0.25, 0.3) is 10.0 Å². The molecule has 0 spiro atoms. The molecule has 1 saturated heterocycles. The first-order valence-corrected chi connectivity index (χ1v) is 19.3. The number of nitrogen functional groups attached to an aromatic ring is 1. The van der Waals surface area contributed by atoms with Crippen LogP contribution in [0.25, 0.3) is 0 Å². The SMILES string of the molecule is Cc1cc(S(=O)(=O)NC2=NCCN2Cc2cc(C(F)(F)F)cc(C(F)(F)F)c2)c(SCc2nc(N)nc(N3CCN(Cc4ccccc4)CC3)n2)cc1Cl. The number of nitrogens with zero attached hydrogens (tertiary/aromatic N) is 7. The fraction of sp³-hybridized carbons (Fsp3) is 0.353. The molecular weight excluding hydrogens is 780 g/mol. The summed E-state index contributed by atoms with van der Waals surface area (Å²) in [5, 5.41) is 0.283. The number of rotatable bonds is 10. The van der Waals surface area contributed by atoms with Gasteiger partial charge < -0.3 is 15.5 Å². The zero-order chi connectivity index (χ0) is 38.8. The summed E-state index contributed by atoms with van der Waals surface area (Å²) in [7, 11) is -4.42. The summed E-state index contributed by atoms with van der Waals surface area (Å²) in [5.74, 6) is 0.550. The van der Waals surface area contributed by atoms with Crippen molar-refractivity contribution in [2.24, 2.45) is 4.99 Å². The molecular formula is C34H34ClF6N9O2S2. The van der Waals surface area contributed by atoms with Gasteiger partial charge in [-0.3, -0.25) is 9.89 Å². The Balaban J connectivity index is 1.16. The fourth-order valence-electron chi connectivity index (χ4n) is 5.92. The number of halogens is 7. The number of hydrogen-bond donors (Lipinski definition) is 2. The van der Waals surface area contributed by atoms with Crippen molar-refractivity contribution in [3.05, 3.63) is 99.3 Å². The molecule has 0 amide bonds. The van der Waals surface area contributed by atoms with Crippen LogP contribution in [0.4, 0.5) is 38.2 Å². The number of anilines is 2. The van der Waals surface area contributed by atoms with E-state index in [1.807, 2.05) is 23.1 Å². The van der Waals surface area contributed by atoms with Crippen LogP contribution in [-0.2, 0) is 41.2 Å². The van der Waals surface area contributed by atoms with E-state index in [0.717, 1.165) is 31.4 Å². The van der Waals surface area contributed by atoms with E-state index in [1.165, 1.54) is 22.6 Å². The quantitative estimate of drug-likeness (QED) is 0.141. The Morgan fingerprint density at radius 1 is 0.852 bits per heavy atom. The predicted molar refractivity (Wildman–Crippen MR) is 193 cm³/mol. The molecule has 1 fully saturated rings. The molecule has 0 bridgehead atoms. The van der Waals surface area contributed by atoms with Crippen molar-refractivity contribution in [1.29, 1.82) is 0 Å². The van der Waals surface area contributed by atoms with E-state index in [-0.39, 0.29) is 57.2 Å². The van der Waals surface area contributed by atoms with Gasteiger partial charge in [0.2, 0.25) is 17.9 Å². The van der Waals surface area contributed by atoms with Gasteiger partial charge in [-0.15, -0.1) is 11.8 Å². The highest BCUT2D eigenvalue weighted by Crippen LogP contribution is 2.37. The highest BCUT2D eigenvalue weighted by Gasteiger charge is 2.37. The topological polar surface area (TPSA) is 133 Å². The first kappa shape index (κ1) is 39.4. The van der Waals surface area contributed by atoms with Gasteiger partial charge in [0, 0.05) is 55.7 Å². The highest BCUT2D eigenvalue weighted by atomic mass is 35.5. The van der Waals surface area contributed by atoms with Crippen molar-refractivity contribution in [2.45, 2.75) is 47.9 Å². The first-order valence-electron chi connectivity index (χ1n) is 16.5. The Labute approximate surface area is 316 Å². The average Bonchev–Trinajstić information content (AvgIpc) is 3.53. The number of benzene rings is 3. The second kappa shape index (κ2) is 15.8. The average molecular weight is 814 g/mol. The molecule has 20 heteroatoms. The number of nitrogens with one attached hydrogen (secondary N) is 1. The number of hydrogen-bond acceptors (Lipinski definition) is 11. The van der Waals surface area contributed by atoms with Crippen LogP contribution in [-0.4, -0.2) is 78.4 Å². The van der Waals surface area contributed by atoms with E-state index in [9.17, 15) is 34.8 Å². The van der Waals surface area contributed by atoms with Crippen LogP contribution in [0, 0.1) is 6.92 Å². The zero-order valence-electron chi connectivity index (χ0n) is 28.6. The maximum Gasteiger partial charge on any atom is 0.416 e. The highest BCUT2D eigenvalue weighted by molar-refractivity contribution is 7.99. The van der Waals surface area contributed by atoms with Crippen molar-refractivity contribution in [3.63, 3.8) is 0 Å². The minimum Gasteiger partial charge on any atom is -0.368 e. The van der Waals surface area contributed by atoms with Gasteiger partial charge in [-0.25, -0.2) is 13.1 Å². The Hall–Kier alpha value is -4.33. The van der Waals surface area contributed by atoms with Gasteiger partial charge in [0.1, 0.15) is 10.7 Å².